The molecular formula is C27H28N2O4. The van der Waals surface area contributed by atoms with Crippen molar-refractivity contribution in [2.45, 2.75) is 32.4 Å². The first-order chi connectivity index (χ1) is 15.9. The number of allylic oxidation sites excluding steroid dienone is 1. The first kappa shape index (κ1) is 21.6. The van der Waals surface area contributed by atoms with Gasteiger partial charge < -0.3 is 9.64 Å². The van der Waals surface area contributed by atoms with Crippen molar-refractivity contribution in [1.82, 2.24) is 4.90 Å². The van der Waals surface area contributed by atoms with Gasteiger partial charge in [-0.05, 0) is 31.9 Å². The van der Waals surface area contributed by atoms with Gasteiger partial charge in [0.25, 0.3) is 0 Å². The highest BCUT2D eigenvalue weighted by Gasteiger charge is 2.64. The number of ether oxygens (including phenoxy) is 1. The summed E-state index contributed by atoms with van der Waals surface area (Å²) in [5.41, 5.74) is 4.63. The second-order valence-corrected chi connectivity index (χ2v) is 9.17. The molecule has 0 radical (unpaired) electrons. The molecule has 2 aromatic rings. The SMILES string of the molecule is COCCCN1C(=O)[C@@H]2[C@H](C1=O)[C@H](C(=O)c1ccc(C)cc1)N1c3ccccc3C(C)=C[C@H]21. The summed E-state index contributed by atoms with van der Waals surface area (Å²) in [5, 5.41) is 0. The number of rotatable bonds is 6. The number of nitrogens with zero attached hydrogens (tertiary/aromatic N) is 2. The number of aryl methyl sites for hydroxylation is 1. The first-order valence-electron chi connectivity index (χ1n) is 11.4. The number of amides is 2. The second kappa shape index (κ2) is 8.27. The Morgan fingerprint density at radius 2 is 1.67 bits per heavy atom. The first-order valence-corrected chi connectivity index (χ1v) is 11.4. The fourth-order valence-electron chi connectivity index (χ4n) is 5.64. The maximum atomic E-state index is 13.9. The number of imide groups is 1. The summed E-state index contributed by atoms with van der Waals surface area (Å²) in [7, 11) is 1.60. The van der Waals surface area contributed by atoms with Gasteiger partial charge in [-0.1, -0.05) is 54.1 Å². The van der Waals surface area contributed by atoms with Crippen LogP contribution < -0.4 is 4.90 Å². The number of benzene rings is 2. The number of anilines is 1. The average molecular weight is 445 g/mol. The molecule has 0 saturated carbocycles. The minimum atomic E-state index is -0.725. The van der Waals surface area contributed by atoms with Crippen LogP contribution in [0.15, 0.2) is 54.6 Å². The van der Waals surface area contributed by atoms with Crippen LogP contribution in [0.5, 0.6) is 0 Å². The number of Topliss-reactive ketones (excluding diaryl/α,β-unsaturated/α-hetero) is 1. The molecule has 0 unspecified atom stereocenters. The maximum absolute atomic E-state index is 13.9. The van der Waals surface area contributed by atoms with E-state index < -0.39 is 17.9 Å². The summed E-state index contributed by atoms with van der Waals surface area (Å²) >= 11 is 0. The van der Waals surface area contributed by atoms with E-state index in [-0.39, 0.29) is 23.6 Å². The highest BCUT2D eigenvalue weighted by atomic mass is 16.5. The van der Waals surface area contributed by atoms with Crippen LogP contribution >= 0.6 is 0 Å². The predicted octanol–water partition coefficient (Wildman–Crippen LogP) is 3.49. The van der Waals surface area contributed by atoms with Crippen molar-refractivity contribution in [3.8, 4) is 0 Å². The van der Waals surface area contributed by atoms with Crippen LogP contribution in [-0.2, 0) is 14.3 Å². The zero-order valence-electron chi connectivity index (χ0n) is 19.2. The van der Waals surface area contributed by atoms with E-state index in [0.717, 1.165) is 22.4 Å². The molecule has 2 fully saturated rings. The number of hydrogen-bond acceptors (Lipinski definition) is 5. The molecule has 33 heavy (non-hydrogen) atoms. The topological polar surface area (TPSA) is 66.9 Å². The van der Waals surface area contributed by atoms with Gasteiger partial charge in [-0.25, -0.2) is 0 Å². The van der Waals surface area contributed by atoms with Gasteiger partial charge in [0.2, 0.25) is 11.8 Å². The van der Waals surface area contributed by atoms with Gasteiger partial charge >= 0.3 is 0 Å². The third-order valence-electron chi connectivity index (χ3n) is 7.18. The highest BCUT2D eigenvalue weighted by molar-refractivity contribution is 6.14. The summed E-state index contributed by atoms with van der Waals surface area (Å²) in [6, 6.07) is 14.3. The minimum absolute atomic E-state index is 0.116. The number of fused-ring (bicyclic) bond motifs is 5. The fraction of sp³-hybridized carbons (Fsp3) is 0.370. The van der Waals surface area contributed by atoms with Crippen LogP contribution in [0.2, 0.25) is 0 Å². The van der Waals surface area contributed by atoms with Crippen LogP contribution in [0.1, 0.15) is 34.8 Å². The fourth-order valence-corrected chi connectivity index (χ4v) is 5.64. The molecule has 0 aromatic heterocycles. The van der Waals surface area contributed by atoms with Gasteiger partial charge in [0, 0.05) is 37.1 Å². The van der Waals surface area contributed by atoms with Crippen molar-refractivity contribution >= 4 is 28.9 Å². The van der Waals surface area contributed by atoms with E-state index in [2.05, 4.69) is 6.08 Å². The number of carbonyl (C=O) groups excluding carboxylic acids is 3. The molecule has 3 aliphatic heterocycles. The Kier molecular flexibility index (Phi) is 5.41. The van der Waals surface area contributed by atoms with E-state index in [1.165, 1.54) is 4.90 Å². The van der Waals surface area contributed by atoms with Crippen molar-refractivity contribution in [2.24, 2.45) is 11.8 Å². The van der Waals surface area contributed by atoms with Crippen LogP contribution in [0.25, 0.3) is 5.57 Å². The molecule has 6 nitrogen and oxygen atoms in total. The summed E-state index contributed by atoms with van der Waals surface area (Å²) in [6.07, 6.45) is 2.64. The molecule has 3 aliphatic rings. The highest BCUT2D eigenvalue weighted by Crippen LogP contribution is 2.50. The van der Waals surface area contributed by atoms with E-state index in [4.69, 9.17) is 4.74 Å². The Balaban J connectivity index is 1.61. The van der Waals surface area contributed by atoms with E-state index in [1.54, 1.807) is 7.11 Å². The number of likely N-dealkylation sites (tertiary alicyclic amines) is 1. The smallest absolute Gasteiger partial charge is 0.235 e. The molecular weight excluding hydrogens is 416 g/mol. The Hall–Kier alpha value is -3.25. The molecule has 6 heteroatoms. The van der Waals surface area contributed by atoms with Gasteiger partial charge in [0.15, 0.2) is 5.78 Å². The Bertz CT molecular complexity index is 1150. The quantitative estimate of drug-likeness (QED) is 0.388. The van der Waals surface area contributed by atoms with Crippen LogP contribution in [-0.4, -0.2) is 54.8 Å². The van der Waals surface area contributed by atoms with E-state index >= 15 is 0 Å². The Morgan fingerprint density at radius 3 is 2.39 bits per heavy atom. The summed E-state index contributed by atoms with van der Waals surface area (Å²) in [4.78, 5) is 44.4. The van der Waals surface area contributed by atoms with E-state index in [9.17, 15) is 14.4 Å². The lowest BCUT2D eigenvalue weighted by molar-refractivity contribution is -0.140. The van der Waals surface area contributed by atoms with Crippen molar-refractivity contribution < 1.29 is 19.1 Å². The van der Waals surface area contributed by atoms with Gasteiger partial charge in [-0.3, -0.25) is 19.3 Å². The number of ketones is 1. The zero-order valence-corrected chi connectivity index (χ0v) is 19.2. The lowest BCUT2D eigenvalue weighted by atomic mass is 9.85. The molecule has 5 rings (SSSR count). The monoisotopic (exact) mass is 444 g/mol. The molecule has 0 aliphatic carbocycles. The van der Waals surface area contributed by atoms with Crippen LogP contribution in [0.4, 0.5) is 5.69 Å². The molecule has 0 bridgehead atoms. The van der Waals surface area contributed by atoms with Gasteiger partial charge in [-0.2, -0.15) is 0 Å². The van der Waals surface area contributed by atoms with E-state index in [0.29, 0.717) is 25.1 Å². The minimum Gasteiger partial charge on any atom is -0.385 e. The molecule has 2 aromatic carbocycles. The molecule has 2 amide bonds. The summed E-state index contributed by atoms with van der Waals surface area (Å²) in [6.45, 7) is 4.79. The molecule has 0 N–H and O–H groups in total. The van der Waals surface area contributed by atoms with Crippen molar-refractivity contribution in [1.29, 1.82) is 0 Å². The molecule has 170 valence electrons. The average Bonchev–Trinajstić information content (AvgIpc) is 3.28. The third kappa shape index (κ3) is 3.32. The summed E-state index contributed by atoms with van der Waals surface area (Å²) in [5.74, 6) is -1.81. The molecule has 3 heterocycles. The molecule has 2 saturated heterocycles. The third-order valence-corrected chi connectivity index (χ3v) is 7.18. The van der Waals surface area contributed by atoms with Gasteiger partial charge in [0.05, 0.1) is 17.9 Å². The van der Waals surface area contributed by atoms with Gasteiger partial charge in [-0.15, -0.1) is 0 Å². The van der Waals surface area contributed by atoms with Crippen molar-refractivity contribution in [3.05, 3.63) is 71.3 Å². The number of methoxy groups -OCH3 is 1. The zero-order chi connectivity index (χ0) is 23.3. The lowest BCUT2D eigenvalue weighted by Gasteiger charge is -2.38. The second-order valence-electron chi connectivity index (χ2n) is 9.17. The lowest BCUT2D eigenvalue weighted by Crippen LogP contribution is -2.49. The van der Waals surface area contributed by atoms with E-state index in [1.807, 2.05) is 67.3 Å². The van der Waals surface area contributed by atoms with Crippen molar-refractivity contribution in [3.63, 3.8) is 0 Å². The normalized spacial score (nSPS) is 25.6. The number of carbonyl (C=O) groups is 3. The number of hydrogen-bond donors (Lipinski definition) is 0. The van der Waals surface area contributed by atoms with Crippen molar-refractivity contribution in [2.75, 3.05) is 25.2 Å². The Morgan fingerprint density at radius 1 is 0.970 bits per heavy atom. The molecule has 4 atom stereocenters. The Labute approximate surface area is 193 Å². The summed E-state index contributed by atoms with van der Waals surface area (Å²) < 4.78 is 5.11. The molecule has 0 spiro atoms. The van der Waals surface area contributed by atoms with Crippen LogP contribution in [0, 0.1) is 18.8 Å². The number of para-hydroxylation sites is 1. The predicted molar refractivity (Wildman–Crippen MR) is 126 cm³/mol. The maximum Gasteiger partial charge on any atom is 0.235 e. The van der Waals surface area contributed by atoms with Crippen LogP contribution in [0.3, 0.4) is 0 Å². The largest absolute Gasteiger partial charge is 0.385 e. The van der Waals surface area contributed by atoms with Gasteiger partial charge in [0.1, 0.15) is 6.04 Å². The standard InChI is InChI=1S/C27H28N2O4/c1-16-9-11-18(12-10-16)25(30)24-23-22(26(31)28(27(23)32)13-6-14-33-3)21-15-17(2)19-7-4-5-8-20(19)29(21)24/h4-5,7-12,15,21-24H,6,13-14H2,1-3H3/t21-,22+,23+,24-/m1/s1.